The number of methoxy groups -OCH3 is 1. The fourth-order valence-corrected chi connectivity index (χ4v) is 4.31. The average Bonchev–Trinajstić information content (AvgIpc) is 2.67. The van der Waals surface area contributed by atoms with Crippen molar-refractivity contribution in [3.8, 4) is 0 Å². The van der Waals surface area contributed by atoms with Gasteiger partial charge in [-0.2, -0.15) is 0 Å². The number of hydrogen-bond acceptors (Lipinski definition) is 5. The van der Waals surface area contributed by atoms with E-state index in [2.05, 4.69) is 6.92 Å². The highest BCUT2D eigenvalue weighted by molar-refractivity contribution is 5.01. The maximum absolute atomic E-state index is 10.2. The summed E-state index contributed by atoms with van der Waals surface area (Å²) in [5.41, 5.74) is -0.735. The first kappa shape index (κ1) is 17.2. The minimum atomic E-state index is -0.850. The minimum absolute atomic E-state index is 0.0175. The lowest BCUT2D eigenvalue weighted by molar-refractivity contribution is -0.412. The van der Waals surface area contributed by atoms with Crippen LogP contribution >= 0.6 is 0 Å². The van der Waals surface area contributed by atoms with Gasteiger partial charge in [-0.15, -0.1) is 0 Å². The Bertz CT molecular complexity index is 337. The lowest BCUT2D eigenvalue weighted by atomic mass is 9.59. The highest BCUT2D eigenvalue weighted by atomic mass is 17.2. The van der Waals surface area contributed by atoms with E-state index in [1.54, 1.807) is 0 Å². The van der Waals surface area contributed by atoms with Gasteiger partial charge in [-0.05, 0) is 44.4 Å². The van der Waals surface area contributed by atoms with E-state index in [0.29, 0.717) is 5.92 Å². The van der Waals surface area contributed by atoms with E-state index in [1.807, 2.05) is 13.8 Å². The molecule has 1 saturated carbocycles. The highest BCUT2D eigenvalue weighted by Crippen LogP contribution is 2.51. The molecule has 0 amide bonds. The van der Waals surface area contributed by atoms with Crippen molar-refractivity contribution < 1.29 is 24.7 Å². The van der Waals surface area contributed by atoms with E-state index in [-0.39, 0.29) is 30.5 Å². The summed E-state index contributed by atoms with van der Waals surface area (Å²) < 4.78 is 5.09. The molecule has 124 valence electrons. The first-order valence-electron chi connectivity index (χ1n) is 8.12. The number of aliphatic hydroxyl groups is 2. The summed E-state index contributed by atoms with van der Waals surface area (Å²) in [6, 6.07) is 0. The summed E-state index contributed by atoms with van der Waals surface area (Å²) in [5, 5.41) is 20.2. The molecular weight excluding hydrogens is 272 g/mol. The third-order valence-corrected chi connectivity index (χ3v) is 5.70. The summed E-state index contributed by atoms with van der Waals surface area (Å²) in [6.45, 7) is 6.10. The van der Waals surface area contributed by atoms with Crippen LogP contribution in [-0.4, -0.2) is 41.9 Å². The van der Waals surface area contributed by atoms with Gasteiger partial charge in [-0.25, -0.2) is 9.78 Å². The molecule has 0 aromatic rings. The molecule has 7 unspecified atom stereocenters. The van der Waals surface area contributed by atoms with Gasteiger partial charge in [0.05, 0.1) is 12.7 Å². The fourth-order valence-electron chi connectivity index (χ4n) is 4.31. The van der Waals surface area contributed by atoms with E-state index in [4.69, 9.17) is 14.5 Å². The lowest BCUT2D eigenvalue weighted by Crippen LogP contribution is -2.58. The molecule has 5 heteroatoms. The monoisotopic (exact) mass is 302 g/mol. The third-order valence-electron chi connectivity index (χ3n) is 5.70. The third kappa shape index (κ3) is 3.13. The number of ether oxygens (including phenoxy) is 1. The van der Waals surface area contributed by atoms with Crippen molar-refractivity contribution in [2.24, 2.45) is 23.7 Å². The Balaban J connectivity index is 2.31. The molecule has 0 spiro atoms. The topological polar surface area (TPSA) is 68.2 Å². The molecule has 0 bridgehead atoms. The van der Waals surface area contributed by atoms with Gasteiger partial charge in [-0.3, -0.25) is 0 Å². The van der Waals surface area contributed by atoms with E-state index >= 15 is 0 Å². The molecule has 21 heavy (non-hydrogen) atoms. The molecule has 0 aromatic carbocycles. The van der Waals surface area contributed by atoms with Crippen LogP contribution in [0.25, 0.3) is 0 Å². The van der Waals surface area contributed by atoms with E-state index in [1.165, 1.54) is 7.11 Å². The number of fused-ring (bicyclic) bond motifs is 1. The van der Waals surface area contributed by atoms with Gasteiger partial charge in [-0.1, -0.05) is 13.8 Å². The summed E-state index contributed by atoms with van der Waals surface area (Å²) >= 11 is 0. The Morgan fingerprint density at radius 3 is 2.57 bits per heavy atom. The van der Waals surface area contributed by atoms with E-state index < -0.39 is 11.9 Å². The van der Waals surface area contributed by atoms with Gasteiger partial charge in [0.15, 0.2) is 6.29 Å². The van der Waals surface area contributed by atoms with Crippen LogP contribution in [0, 0.1) is 23.7 Å². The van der Waals surface area contributed by atoms with Crippen LogP contribution in [0.2, 0.25) is 0 Å². The van der Waals surface area contributed by atoms with Crippen molar-refractivity contribution in [1.82, 2.24) is 0 Å². The predicted octanol–water partition coefficient (Wildman–Crippen LogP) is 2.11. The summed E-state index contributed by atoms with van der Waals surface area (Å²) in [5.74, 6) is 0.630. The number of hydrogen-bond donors (Lipinski definition) is 2. The number of aliphatic hydroxyl groups excluding tert-OH is 2. The fraction of sp³-hybridized carbons (Fsp3) is 1.00. The van der Waals surface area contributed by atoms with Gasteiger partial charge in [0, 0.05) is 18.9 Å². The molecule has 2 fully saturated rings. The van der Waals surface area contributed by atoms with Crippen LogP contribution in [0.1, 0.15) is 46.5 Å². The van der Waals surface area contributed by atoms with E-state index in [0.717, 1.165) is 25.7 Å². The summed E-state index contributed by atoms with van der Waals surface area (Å²) in [7, 11) is 1.50. The second-order valence-electron chi connectivity index (χ2n) is 6.93. The maximum atomic E-state index is 10.2. The molecule has 1 heterocycles. The SMILES string of the molecule is COC(O)C(C)C1CCC(C)C2CCC(C)OOC21CO. The number of rotatable bonds is 4. The maximum Gasteiger partial charge on any atom is 0.157 e. The predicted molar refractivity (Wildman–Crippen MR) is 78.2 cm³/mol. The zero-order valence-electron chi connectivity index (χ0n) is 13.6. The van der Waals surface area contributed by atoms with Gasteiger partial charge < -0.3 is 14.9 Å². The normalized spacial score (nSPS) is 43.7. The zero-order chi connectivity index (χ0) is 15.6. The second kappa shape index (κ2) is 6.92. The van der Waals surface area contributed by atoms with Gasteiger partial charge in [0.2, 0.25) is 0 Å². The standard InChI is InChI=1S/C16H30O5/c1-10-5-7-14(12(3)15(18)19-4)16(9-17)13(10)8-6-11(2)20-21-16/h10-15,17-18H,5-9H2,1-4H3. The van der Waals surface area contributed by atoms with Crippen LogP contribution in [0.15, 0.2) is 0 Å². The smallest absolute Gasteiger partial charge is 0.157 e. The molecule has 0 radical (unpaired) electrons. The van der Waals surface area contributed by atoms with Gasteiger partial charge in [0.1, 0.15) is 5.60 Å². The summed E-state index contributed by atoms with van der Waals surface area (Å²) in [4.78, 5) is 11.4. The first-order valence-corrected chi connectivity index (χ1v) is 8.12. The Morgan fingerprint density at radius 1 is 1.24 bits per heavy atom. The molecule has 0 aromatic heterocycles. The van der Waals surface area contributed by atoms with Gasteiger partial charge >= 0.3 is 0 Å². The molecule has 2 N–H and O–H groups in total. The summed E-state index contributed by atoms with van der Waals surface area (Å²) in [6.07, 6.45) is 3.08. The molecule has 2 rings (SSSR count). The molecule has 7 atom stereocenters. The molecule has 1 aliphatic carbocycles. The van der Waals surface area contributed by atoms with Crippen LogP contribution in [0.3, 0.4) is 0 Å². The Hall–Kier alpha value is -0.200. The van der Waals surface area contributed by atoms with Crippen LogP contribution < -0.4 is 0 Å². The van der Waals surface area contributed by atoms with Crippen molar-refractivity contribution in [3.05, 3.63) is 0 Å². The van der Waals surface area contributed by atoms with Crippen molar-refractivity contribution in [1.29, 1.82) is 0 Å². The molecular formula is C16H30O5. The molecule has 2 aliphatic rings. The Labute approximate surface area is 127 Å². The second-order valence-corrected chi connectivity index (χ2v) is 6.93. The zero-order valence-corrected chi connectivity index (χ0v) is 13.6. The highest BCUT2D eigenvalue weighted by Gasteiger charge is 2.55. The lowest BCUT2D eigenvalue weighted by Gasteiger charge is -2.51. The van der Waals surface area contributed by atoms with Crippen molar-refractivity contribution in [2.45, 2.75) is 64.4 Å². The van der Waals surface area contributed by atoms with Crippen molar-refractivity contribution in [3.63, 3.8) is 0 Å². The van der Waals surface area contributed by atoms with E-state index in [9.17, 15) is 10.2 Å². The van der Waals surface area contributed by atoms with Crippen LogP contribution in [0.4, 0.5) is 0 Å². The van der Waals surface area contributed by atoms with Crippen molar-refractivity contribution in [2.75, 3.05) is 13.7 Å². The van der Waals surface area contributed by atoms with Crippen LogP contribution in [-0.2, 0) is 14.5 Å². The Morgan fingerprint density at radius 2 is 1.95 bits per heavy atom. The van der Waals surface area contributed by atoms with Gasteiger partial charge in [0.25, 0.3) is 0 Å². The molecule has 1 aliphatic heterocycles. The average molecular weight is 302 g/mol. The Kier molecular flexibility index (Phi) is 5.65. The minimum Gasteiger partial charge on any atom is -0.393 e. The quantitative estimate of drug-likeness (QED) is 0.615. The largest absolute Gasteiger partial charge is 0.393 e. The molecule has 1 saturated heterocycles. The first-order chi connectivity index (χ1) is 9.96. The van der Waals surface area contributed by atoms with Crippen molar-refractivity contribution >= 4 is 0 Å². The molecule has 5 nitrogen and oxygen atoms in total. The van der Waals surface area contributed by atoms with Crippen LogP contribution in [0.5, 0.6) is 0 Å².